The third kappa shape index (κ3) is 1.96. The van der Waals surface area contributed by atoms with Gasteiger partial charge in [0.25, 0.3) is 0 Å². The highest BCUT2D eigenvalue weighted by atomic mass is 19.4. The number of rotatable bonds is 0. The van der Waals surface area contributed by atoms with Crippen LogP contribution in [-0.2, 0) is 0 Å². The molecule has 0 bridgehead atoms. The Hall–Kier alpha value is -1.70. The van der Waals surface area contributed by atoms with Crippen molar-refractivity contribution in [3.63, 3.8) is 0 Å². The molecule has 0 atom stereocenters. The topological polar surface area (TPSA) is 38.9 Å². The van der Waals surface area contributed by atoms with Crippen LogP contribution >= 0.6 is 0 Å². The van der Waals surface area contributed by atoms with Crippen molar-refractivity contribution in [3.05, 3.63) is 24.0 Å². The summed E-state index contributed by atoms with van der Waals surface area (Å²) in [6.07, 6.45) is -1.26. The fourth-order valence-corrected chi connectivity index (χ4v) is 1.32. The van der Waals surface area contributed by atoms with E-state index in [1.54, 1.807) is 0 Å². The number of hydrogen-bond donors (Lipinski definition) is 1. The lowest BCUT2D eigenvalue weighted by Gasteiger charge is -2.11. The van der Waals surface area contributed by atoms with Crippen LogP contribution in [0.15, 0.2) is 18.5 Å². The van der Waals surface area contributed by atoms with Gasteiger partial charge >= 0.3 is 6.18 Å². The van der Waals surface area contributed by atoms with Crippen LogP contribution in [0.5, 0.6) is 0 Å². The average Bonchev–Trinajstić information content (AvgIpc) is 2.94. The van der Waals surface area contributed by atoms with Crippen molar-refractivity contribution in [2.75, 3.05) is 5.73 Å². The highest BCUT2D eigenvalue weighted by Gasteiger charge is 2.62. The van der Waals surface area contributed by atoms with Crippen molar-refractivity contribution in [1.82, 2.24) is 4.98 Å². The summed E-state index contributed by atoms with van der Waals surface area (Å²) in [6.45, 7) is 0. The van der Waals surface area contributed by atoms with Crippen molar-refractivity contribution < 1.29 is 13.2 Å². The fourth-order valence-electron chi connectivity index (χ4n) is 1.32. The summed E-state index contributed by atoms with van der Waals surface area (Å²) < 4.78 is 37.6. The Morgan fingerprint density at radius 1 is 1.31 bits per heavy atom. The lowest BCUT2D eigenvalue weighted by atomic mass is 10.1. The minimum absolute atomic E-state index is 0.0826. The second-order valence-electron chi connectivity index (χ2n) is 3.84. The van der Waals surface area contributed by atoms with Gasteiger partial charge in [-0.2, -0.15) is 13.2 Å². The number of nitrogen functional groups attached to an aromatic ring is 1. The Morgan fingerprint density at radius 3 is 2.50 bits per heavy atom. The molecular weight excluding hydrogens is 217 g/mol. The van der Waals surface area contributed by atoms with Gasteiger partial charge in [-0.1, -0.05) is 11.8 Å². The van der Waals surface area contributed by atoms with Crippen LogP contribution in [0.3, 0.4) is 0 Å². The highest BCUT2D eigenvalue weighted by molar-refractivity contribution is 5.45. The molecule has 0 unspecified atom stereocenters. The molecule has 0 amide bonds. The smallest absolute Gasteiger partial charge is 0.397 e. The van der Waals surface area contributed by atoms with E-state index in [-0.39, 0.29) is 12.8 Å². The molecule has 1 heterocycles. The Labute approximate surface area is 90.7 Å². The Morgan fingerprint density at radius 2 is 2.00 bits per heavy atom. The Balaban J connectivity index is 2.23. The number of nitrogens with zero attached hydrogens (tertiary/aromatic N) is 1. The number of alkyl halides is 3. The lowest BCUT2D eigenvalue weighted by molar-refractivity contribution is -0.168. The van der Waals surface area contributed by atoms with Crippen LogP contribution in [0.1, 0.15) is 18.4 Å². The van der Waals surface area contributed by atoms with E-state index in [0.29, 0.717) is 11.3 Å². The second-order valence-corrected chi connectivity index (χ2v) is 3.84. The number of hydrogen-bond acceptors (Lipinski definition) is 2. The van der Waals surface area contributed by atoms with Gasteiger partial charge in [-0.3, -0.25) is 4.98 Å². The van der Waals surface area contributed by atoms with Crippen molar-refractivity contribution >= 4 is 5.69 Å². The van der Waals surface area contributed by atoms with Gasteiger partial charge < -0.3 is 5.73 Å². The van der Waals surface area contributed by atoms with Gasteiger partial charge in [0.2, 0.25) is 0 Å². The Bertz CT molecular complexity index is 464. The van der Waals surface area contributed by atoms with Crippen molar-refractivity contribution in [2.45, 2.75) is 19.0 Å². The van der Waals surface area contributed by atoms with Gasteiger partial charge in [0.05, 0.1) is 5.69 Å². The molecule has 1 saturated carbocycles. The molecular formula is C11H9F3N2. The van der Waals surface area contributed by atoms with Crippen LogP contribution in [0, 0.1) is 17.3 Å². The number of nitrogens with two attached hydrogens (primary N) is 1. The van der Waals surface area contributed by atoms with Crippen molar-refractivity contribution in [3.8, 4) is 11.8 Å². The van der Waals surface area contributed by atoms with E-state index in [0.717, 1.165) is 0 Å². The molecule has 0 aromatic carbocycles. The molecule has 1 aliphatic rings. The zero-order chi connectivity index (χ0) is 11.8. The molecule has 2 nitrogen and oxygen atoms in total. The SMILES string of the molecule is Nc1cncc(C#CC2(C(F)(F)F)CC2)c1. The molecule has 5 heteroatoms. The van der Waals surface area contributed by atoms with Gasteiger partial charge in [-0.05, 0) is 18.9 Å². The van der Waals surface area contributed by atoms with E-state index in [1.807, 2.05) is 0 Å². The quantitative estimate of drug-likeness (QED) is 0.690. The highest BCUT2D eigenvalue weighted by Crippen LogP contribution is 2.57. The number of pyridine rings is 1. The molecule has 1 aromatic rings. The van der Waals surface area contributed by atoms with Gasteiger partial charge in [0.1, 0.15) is 5.41 Å². The fraction of sp³-hybridized carbons (Fsp3) is 0.364. The summed E-state index contributed by atoms with van der Waals surface area (Å²) in [7, 11) is 0. The average molecular weight is 226 g/mol. The second kappa shape index (κ2) is 3.41. The number of halogens is 3. The van der Waals surface area contributed by atoms with E-state index in [9.17, 15) is 13.2 Å². The molecule has 1 aliphatic carbocycles. The first-order valence-electron chi connectivity index (χ1n) is 4.73. The molecule has 2 rings (SSSR count). The van der Waals surface area contributed by atoms with E-state index < -0.39 is 11.6 Å². The maximum Gasteiger partial charge on any atom is 0.405 e. The molecule has 0 aliphatic heterocycles. The summed E-state index contributed by atoms with van der Waals surface area (Å²) >= 11 is 0. The largest absolute Gasteiger partial charge is 0.405 e. The van der Waals surface area contributed by atoms with Gasteiger partial charge in [0.15, 0.2) is 0 Å². The zero-order valence-electron chi connectivity index (χ0n) is 8.30. The van der Waals surface area contributed by atoms with E-state index >= 15 is 0 Å². The minimum Gasteiger partial charge on any atom is -0.397 e. The summed E-state index contributed by atoms with van der Waals surface area (Å²) in [6, 6.07) is 1.51. The first-order valence-corrected chi connectivity index (χ1v) is 4.73. The van der Waals surface area contributed by atoms with Crippen LogP contribution in [0.25, 0.3) is 0 Å². The molecule has 0 radical (unpaired) electrons. The maximum absolute atomic E-state index is 12.5. The summed E-state index contributed by atoms with van der Waals surface area (Å²) in [5, 5.41) is 0. The van der Waals surface area contributed by atoms with Gasteiger partial charge in [0, 0.05) is 18.0 Å². The molecule has 0 saturated heterocycles. The number of aromatic nitrogens is 1. The molecule has 16 heavy (non-hydrogen) atoms. The molecule has 1 aromatic heterocycles. The van der Waals surface area contributed by atoms with Gasteiger partial charge in [-0.25, -0.2) is 0 Å². The van der Waals surface area contributed by atoms with Crippen LogP contribution < -0.4 is 5.73 Å². The summed E-state index contributed by atoms with van der Waals surface area (Å²) in [4.78, 5) is 3.76. The monoisotopic (exact) mass is 226 g/mol. The van der Waals surface area contributed by atoms with Crippen molar-refractivity contribution in [2.24, 2.45) is 5.41 Å². The predicted octanol–water partition coefficient (Wildman–Crippen LogP) is 2.36. The number of anilines is 1. The minimum atomic E-state index is -4.24. The van der Waals surface area contributed by atoms with Crippen LogP contribution in [0.2, 0.25) is 0 Å². The van der Waals surface area contributed by atoms with E-state index in [4.69, 9.17) is 5.73 Å². The van der Waals surface area contributed by atoms with E-state index in [2.05, 4.69) is 16.8 Å². The normalized spacial score (nSPS) is 17.4. The third-order valence-electron chi connectivity index (χ3n) is 2.50. The molecule has 0 spiro atoms. The summed E-state index contributed by atoms with van der Waals surface area (Å²) in [5.41, 5.74) is 4.46. The lowest BCUT2D eigenvalue weighted by Crippen LogP contribution is -2.22. The first kappa shape index (κ1) is 10.8. The molecule has 2 N–H and O–H groups in total. The van der Waals surface area contributed by atoms with Crippen LogP contribution in [-0.4, -0.2) is 11.2 Å². The van der Waals surface area contributed by atoms with Gasteiger partial charge in [-0.15, -0.1) is 0 Å². The zero-order valence-corrected chi connectivity index (χ0v) is 8.30. The van der Waals surface area contributed by atoms with E-state index in [1.165, 1.54) is 18.5 Å². The first-order chi connectivity index (χ1) is 7.43. The van der Waals surface area contributed by atoms with Crippen molar-refractivity contribution in [1.29, 1.82) is 0 Å². The predicted molar refractivity (Wildman–Crippen MR) is 53.2 cm³/mol. The van der Waals surface area contributed by atoms with Crippen LogP contribution in [0.4, 0.5) is 18.9 Å². The standard InChI is InChI=1S/C11H9F3N2/c12-11(13,14)10(3-4-10)2-1-8-5-9(15)7-16-6-8/h5-7H,3-4,15H2. The molecule has 84 valence electrons. The maximum atomic E-state index is 12.5. The Kier molecular flexibility index (Phi) is 2.30. The molecule has 1 fully saturated rings. The summed E-state index contributed by atoms with van der Waals surface area (Å²) in [5.74, 6) is 4.77. The third-order valence-corrected chi connectivity index (χ3v) is 2.50.